The quantitative estimate of drug-likeness (QED) is 0.729. The highest BCUT2D eigenvalue weighted by Crippen LogP contribution is 2.44. The van der Waals surface area contributed by atoms with Crippen molar-refractivity contribution in [1.82, 2.24) is 19.7 Å². The monoisotopic (exact) mass is 465 g/mol. The van der Waals surface area contributed by atoms with E-state index in [2.05, 4.69) is 10.3 Å². The first-order valence-electron chi connectivity index (χ1n) is 10.3. The number of amides is 2. The van der Waals surface area contributed by atoms with Crippen LogP contribution in [-0.2, 0) is 30.8 Å². The molecule has 2 saturated heterocycles. The maximum absolute atomic E-state index is 13.3. The van der Waals surface area contributed by atoms with E-state index in [0.717, 1.165) is 18.5 Å². The minimum Gasteiger partial charge on any atom is -0.381 e. The van der Waals surface area contributed by atoms with Crippen LogP contribution in [0.3, 0.4) is 0 Å². The van der Waals surface area contributed by atoms with E-state index in [9.17, 15) is 13.8 Å². The molecule has 3 aliphatic rings. The van der Waals surface area contributed by atoms with Gasteiger partial charge in [0.05, 0.1) is 41.5 Å². The third-order valence-corrected chi connectivity index (χ3v) is 8.36. The van der Waals surface area contributed by atoms with Crippen molar-refractivity contribution in [1.29, 1.82) is 0 Å². The van der Waals surface area contributed by atoms with Gasteiger partial charge in [0.15, 0.2) is 10.8 Å². The Morgan fingerprint density at radius 1 is 1.16 bits per heavy atom. The first-order valence-corrected chi connectivity index (χ1v) is 12.4. The van der Waals surface area contributed by atoms with Crippen LogP contribution in [0.25, 0.3) is 11.4 Å². The molecule has 2 aromatic rings. The van der Waals surface area contributed by atoms with Crippen LogP contribution in [0.1, 0.15) is 41.9 Å². The van der Waals surface area contributed by atoms with E-state index in [1.165, 1.54) is 18.3 Å². The molecule has 2 fully saturated rings. The average molecular weight is 466 g/mol. The fourth-order valence-corrected chi connectivity index (χ4v) is 6.71. The summed E-state index contributed by atoms with van der Waals surface area (Å²) in [6.45, 7) is 4.67. The predicted molar refractivity (Wildman–Crippen MR) is 114 cm³/mol. The summed E-state index contributed by atoms with van der Waals surface area (Å²) in [6.07, 6.45) is 1.56. The second-order valence-corrected chi connectivity index (χ2v) is 10.3. The first-order chi connectivity index (χ1) is 15.0. The lowest BCUT2D eigenvalue weighted by molar-refractivity contribution is -0.114. The highest BCUT2D eigenvalue weighted by Gasteiger charge is 2.38. The van der Waals surface area contributed by atoms with E-state index in [4.69, 9.17) is 14.6 Å². The summed E-state index contributed by atoms with van der Waals surface area (Å²) in [5.74, 6) is -0.195. The van der Waals surface area contributed by atoms with Crippen molar-refractivity contribution in [2.45, 2.75) is 35.8 Å². The van der Waals surface area contributed by atoms with Crippen LogP contribution in [-0.4, -0.2) is 75.2 Å². The molecule has 10 nitrogen and oxygen atoms in total. The maximum atomic E-state index is 13.3. The molecule has 2 aromatic heterocycles. The zero-order valence-corrected chi connectivity index (χ0v) is 18.7. The lowest BCUT2D eigenvalue weighted by Crippen LogP contribution is -2.41. The van der Waals surface area contributed by atoms with Crippen LogP contribution in [0.15, 0.2) is 4.21 Å². The number of ether oxygens (including phenoxy) is 2. The van der Waals surface area contributed by atoms with Gasteiger partial charge in [-0.05, 0) is 12.8 Å². The Labute approximate surface area is 185 Å². The minimum atomic E-state index is -1.36. The highest BCUT2D eigenvalue weighted by molar-refractivity contribution is 7.87. The Morgan fingerprint density at radius 2 is 1.87 bits per heavy atom. The van der Waals surface area contributed by atoms with Gasteiger partial charge in [-0.3, -0.25) is 18.5 Å². The van der Waals surface area contributed by atoms with Crippen molar-refractivity contribution < 1.29 is 23.3 Å². The number of hydrogen-bond donors (Lipinski definition) is 1. The molecule has 3 aliphatic heterocycles. The Morgan fingerprint density at radius 3 is 2.58 bits per heavy atom. The topological polar surface area (TPSA) is 116 Å². The van der Waals surface area contributed by atoms with Gasteiger partial charge >= 0.3 is 0 Å². The van der Waals surface area contributed by atoms with E-state index in [1.54, 1.807) is 4.90 Å². The number of nitrogens with zero attached hydrogens (tertiary/aromatic N) is 4. The van der Waals surface area contributed by atoms with Gasteiger partial charge in [-0.2, -0.15) is 5.10 Å². The summed E-state index contributed by atoms with van der Waals surface area (Å²) < 4.78 is 26.4. The molecule has 0 aliphatic carbocycles. The molecule has 1 atom stereocenters. The average Bonchev–Trinajstić information content (AvgIpc) is 3.36. The van der Waals surface area contributed by atoms with E-state index in [-0.39, 0.29) is 23.6 Å². The SMILES string of the molecule is CC(=O)Nc1nc2c(s1)S(=O)Cc1c(C(=O)N3CCOCC3)nn(C3CCOCC3)c1-2. The standard InChI is InChI=1S/C19H23N5O5S2/c1-11(25)20-19-21-15-16-13(10-31(27)18(15)30-19)14(17(26)23-4-8-29-9-5-23)22-24(16)12-2-6-28-7-3-12/h12H,2-10H2,1H3,(H,20,21,25). The van der Waals surface area contributed by atoms with Gasteiger partial charge < -0.3 is 19.7 Å². The normalized spacial score (nSPS) is 21.5. The number of nitrogens with one attached hydrogen (secondary N) is 1. The van der Waals surface area contributed by atoms with Crippen LogP contribution in [0, 0.1) is 0 Å². The summed E-state index contributed by atoms with van der Waals surface area (Å²) in [6, 6.07) is 0.0686. The fraction of sp³-hybridized carbons (Fsp3) is 0.579. The van der Waals surface area contributed by atoms with Gasteiger partial charge in [0.25, 0.3) is 5.91 Å². The Bertz CT molecular complexity index is 1050. The van der Waals surface area contributed by atoms with Crippen LogP contribution in [0.2, 0.25) is 0 Å². The van der Waals surface area contributed by atoms with Crippen LogP contribution in [0.4, 0.5) is 5.13 Å². The zero-order chi connectivity index (χ0) is 21.5. The third-order valence-electron chi connectivity index (χ3n) is 5.63. The van der Waals surface area contributed by atoms with E-state index in [0.29, 0.717) is 65.8 Å². The zero-order valence-electron chi connectivity index (χ0n) is 17.1. The maximum Gasteiger partial charge on any atom is 0.274 e. The number of fused-ring (bicyclic) bond motifs is 3. The molecule has 31 heavy (non-hydrogen) atoms. The lowest BCUT2D eigenvalue weighted by atomic mass is 10.1. The minimum absolute atomic E-state index is 0.0686. The number of carbonyl (C=O) groups is 2. The Balaban J connectivity index is 1.63. The molecule has 0 aromatic carbocycles. The molecule has 1 unspecified atom stereocenters. The van der Waals surface area contributed by atoms with E-state index >= 15 is 0 Å². The van der Waals surface area contributed by atoms with Gasteiger partial charge in [-0.25, -0.2) is 4.98 Å². The highest BCUT2D eigenvalue weighted by atomic mass is 32.2. The number of anilines is 1. The van der Waals surface area contributed by atoms with Crippen molar-refractivity contribution in [3.8, 4) is 11.4 Å². The molecule has 0 saturated carbocycles. The molecule has 2 amide bonds. The van der Waals surface area contributed by atoms with Crippen molar-refractivity contribution in [3.05, 3.63) is 11.3 Å². The van der Waals surface area contributed by atoms with Crippen molar-refractivity contribution in [2.24, 2.45) is 0 Å². The molecule has 12 heteroatoms. The van der Waals surface area contributed by atoms with Crippen LogP contribution >= 0.6 is 11.3 Å². The summed E-state index contributed by atoms with van der Waals surface area (Å²) in [5.41, 5.74) is 2.31. The van der Waals surface area contributed by atoms with Crippen molar-refractivity contribution in [3.63, 3.8) is 0 Å². The molecule has 1 N–H and O–H groups in total. The second kappa shape index (κ2) is 8.41. The molecule has 0 radical (unpaired) electrons. The number of aromatic nitrogens is 3. The molecule has 5 heterocycles. The van der Waals surface area contributed by atoms with Gasteiger partial charge in [-0.15, -0.1) is 0 Å². The Hall–Kier alpha value is -2.15. The van der Waals surface area contributed by atoms with Gasteiger partial charge in [0.2, 0.25) is 5.91 Å². The van der Waals surface area contributed by atoms with Gasteiger partial charge in [-0.1, -0.05) is 11.3 Å². The Kier molecular flexibility index (Phi) is 5.63. The first kappa shape index (κ1) is 20.7. The van der Waals surface area contributed by atoms with E-state index < -0.39 is 10.8 Å². The summed E-state index contributed by atoms with van der Waals surface area (Å²) in [7, 11) is -1.36. The van der Waals surface area contributed by atoms with Gasteiger partial charge in [0, 0.05) is 38.8 Å². The summed E-state index contributed by atoms with van der Waals surface area (Å²) >= 11 is 1.22. The fourth-order valence-electron chi connectivity index (χ4n) is 4.15. The van der Waals surface area contributed by atoms with Crippen molar-refractivity contribution in [2.75, 3.05) is 44.8 Å². The number of hydrogen-bond acceptors (Lipinski definition) is 8. The molecular formula is C19H23N5O5S2. The lowest BCUT2D eigenvalue weighted by Gasteiger charge is -2.26. The van der Waals surface area contributed by atoms with Crippen LogP contribution in [0.5, 0.6) is 0 Å². The van der Waals surface area contributed by atoms with Gasteiger partial charge in [0.1, 0.15) is 9.90 Å². The molecule has 0 bridgehead atoms. The summed E-state index contributed by atoms with van der Waals surface area (Å²) in [5, 5.41) is 7.86. The molecular weight excluding hydrogens is 442 g/mol. The molecule has 5 rings (SSSR count). The smallest absolute Gasteiger partial charge is 0.274 e. The number of thiazole rings is 1. The third kappa shape index (κ3) is 3.81. The van der Waals surface area contributed by atoms with Crippen molar-refractivity contribution >= 4 is 39.1 Å². The largest absolute Gasteiger partial charge is 0.381 e. The number of rotatable bonds is 3. The molecule has 0 spiro atoms. The number of carbonyl (C=O) groups excluding carboxylic acids is 2. The molecule has 166 valence electrons. The second-order valence-electron chi connectivity index (χ2n) is 7.69. The van der Waals surface area contributed by atoms with E-state index in [1.807, 2.05) is 4.68 Å². The predicted octanol–water partition coefficient (Wildman–Crippen LogP) is 1.41. The van der Waals surface area contributed by atoms with Crippen LogP contribution < -0.4 is 5.32 Å². The summed E-state index contributed by atoms with van der Waals surface area (Å²) in [4.78, 5) is 31.2. The number of morpholine rings is 1.